The summed E-state index contributed by atoms with van der Waals surface area (Å²) in [6.07, 6.45) is 3.29. The Morgan fingerprint density at radius 3 is 2.53 bits per heavy atom. The molecule has 0 saturated heterocycles. The number of pyridine rings is 1. The van der Waals surface area contributed by atoms with Crippen LogP contribution in [0.4, 0.5) is 20.6 Å². The molecular weight excluding hydrogens is 459 g/mol. The van der Waals surface area contributed by atoms with Crippen LogP contribution in [0.2, 0.25) is 5.02 Å². The molecule has 0 aliphatic carbocycles. The fraction of sp³-hybridized carbons (Fsp3) is 0.0833. The second-order valence-corrected chi connectivity index (χ2v) is 7.76. The zero-order valence-corrected chi connectivity index (χ0v) is 18.8. The Hall–Kier alpha value is -4.24. The van der Waals surface area contributed by atoms with Gasteiger partial charge in [0.25, 0.3) is 5.91 Å². The van der Waals surface area contributed by atoms with Crippen molar-refractivity contribution in [2.75, 3.05) is 10.6 Å². The molecule has 4 N–H and O–H groups in total. The number of aryl methyl sites for hydroxylation is 1. The highest BCUT2D eigenvalue weighted by molar-refractivity contribution is 6.30. The number of amides is 3. The van der Waals surface area contributed by atoms with Crippen LogP contribution in [-0.4, -0.2) is 26.7 Å². The highest BCUT2D eigenvalue weighted by atomic mass is 35.5. The van der Waals surface area contributed by atoms with Gasteiger partial charge in [-0.05, 0) is 61.0 Å². The fourth-order valence-corrected chi connectivity index (χ4v) is 3.45. The lowest BCUT2D eigenvalue weighted by Crippen LogP contribution is -2.20. The number of carbonyl (C=O) groups is 2. The number of anilines is 2. The number of nitrogens with two attached hydrogens (primary N) is 1. The molecule has 0 bridgehead atoms. The van der Waals surface area contributed by atoms with E-state index >= 15 is 0 Å². The minimum absolute atomic E-state index is 0.00767. The molecule has 0 saturated carbocycles. The molecule has 2 heterocycles. The van der Waals surface area contributed by atoms with Crippen LogP contribution in [0.5, 0.6) is 0 Å². The van der Waals surface area contributed by atoms with Crippen molar-refractivity contribution in [3.05, 3.63) is 83.5 Å². The third-order valence-electron chi connectivity index (χ3n) is 5.00. The van der Waals surface area contributed by atoms with Crippen LogP contribution in [-0.2, 0) is 6.54 Å². The van der Waals surface area contributed by atoms with E-state index in [0.717, 1.165) is 0 Å². The van der Waals surface area contributed by atoms with Gasteiger partial charge in [0.05, 0.1) is 5.69 Å². The molecule has 172 valence electrons. The molecule has 0 spiro atoms. The molecule has 8 nitrogen and oxygen atoms in total. The molecule has 0 aliphatic rings. The predicted molar refractivity (Wildman–Crippen MR) is 129 cm³/mol. The molecule has 4 aromatic rings. The van der Waals surface area contributed by atoms with Gasteiger partial charge in [-0.3, -0.25) is 14.5 Å². The van der Waals surface area contributed by atoms with Crippen LogP contribution in [0.3, 0.4) is 0 Å². The monoisotopic (exact) mass is 478 g/mol. The van der Waals surface area contributed by atoms with E-state index in [2.05, 4.69) is 20.7 Å². The van der Waals surface area contributed by atoms with Gasteiger partial charge in [0, 0.05) is 40.8 Å². The van der Waals surface area contributed by atoms with E-state index < -0.39 is 17.8 Å². The number of primary amides is 1. The number of hydrogen-bond donors (Lipinski definition) is 3. The van der Waals surface area contributed by atoms with Crippen LogP contribution < -0.4 is 16.4 Å². The maximum absolute atomic E-state index is 14.5. The fourth-order valence-electron chi connectivity index (χ4n) is 3.33. The lowest BCUT2D eigenvalue weighted by atomic mass is 10.0. The molecule has 3 amide bonds. The number of benzene rings is 2. The quantitative estimate of drug-likeness (QED) is 0.354. The summed E-state index contributed by atoms with van der Waals surface area (Å²) in [5, 5.41) is 10.3. The van der Waals surface area contributed by atoms with Gasteiger partial charge >= 0.3 is 6.03 Å². The number of halogens is 2. The third kappa shape index (κ3) is 5.05. The molecule has 0 unspecified atom stereocenters. The number of carbonyl (C=O) groups excluding carboxylic acids is 2. The highest BCUT2D eigenvalue weighted by Crippen LogP contribution is 2.33. The second kappa shape index (κ2) is 9.72. The molecule has 10 heteroatoms. The van der Waals surface area contributed by atoms with Gasteiger partial charge in [0.1, 0.15) is 17.2 Å². The van der Waals surface area contributed by atoms with Gasteiger partial charge in [-0.2, -0.15) is 5.10 Å². The van der Waals surface area contributed by atoms with Crippen LogP contribution in [0.1, 0.15) is 17.4 Å². The van der Waals surface area contributed by atoms with Gasteiger partial charge in [0.2, 0.25) is 0 Å². The van der Waals surface area contributed by atoms with Crippen molar-refractivity contribution in [1.29, 1.82) is 0 Å². The van der Waals surface area contributed by atoms with E-state index in [1.807, 2.05) is 13.1 Å². The number of rotatable bonds is 6. The molecule has 4 rings (SSSR count). The summed E-state index contributed by atoms with van der Waals surface area (Å²) in [4.78, 5) is 28.0. The Bertz CT molecular complexity index is 1370. The lowest BCUT2D eigenvalue weighted by Gasteiger charge is -2.11. The lowest BCUT2D eigenvalue weighted by molar-refractivity contribution is 0.0995. The molecule has 0 radical (unpaired) electrons. The first kappa shape index (κ1) is 22.9. The van der Waals surface area contributed by atoms with Crippen molar-refractivity contribution < 1.29 is 14.0 Å². The Morgan fingerprint density at radius 2 is 1.82 bits per heavy atom. The average molecular weight is 479 g/mol. The Labute approximate surface area is 199 Å². The van der Waals surface area contributed by atoms with E-state index in [4.69, 9.17) is 17.3 Å². The molecule has 2 aromatic carbocycles. The van der Waals surface area contributed by atoms with Gasteiger partial charge in [-0.25, -0.2) is 9.18 Å². The summed E-state index contributed by atoms with van der Waals surface area (Å²) in [5.41, 5.74) is 8.47. The van der Waals surface area contributed by atoms with E-state index in [0.29, 0.717) is 39.6 Å². The van der Waals surface area contributed by atoms with Gasteiger partial charge in [-0.1, -0.05) is 17.7 Å². The zero-order valence-electron chi connectivity index (χ0n) is 18.0. The first-order valence-corrected chi connectivity index (χ1v) is 10.7. The van der Waals surface area contributed by atoms with Gasteiger partial charge in [-0.15, -0.1) is 0 Å². The Kier molecular flexibility index (Phi) is 6.55. The van der Waals surface area contributed by atoms with E-state index in [1.54, 1.807) is 47.1 Å². The summed E-state index contributed by atoms with van der Waals surface area (Å²) in [7, 11) is 0. The number of urea groups is 1. The number of aromatic nitrogens is 3. The van der Waals surface area contributed by atoms with Crippen LogP contribution in [0, 0.1) is 5.82 Å². The van der Waals surface area contributed by atoms with Crippen LogP contribution in [0.25, 0.3) is 22.4 Å². The zero-order chi connectivity index (χ0) is 24.2. The Morgan fingerprint density at radius 1 is 1.06 bits per heavy atom. The first-order valence-electron chi connectivity index (χ1n) is 10.3. The van der Waals surface area contributed by atoms with Crippen LogP contribution >= 0.6 is 11.6 Å². The second-order valence-electron chi connectivity index (χ2n) is 7.32. The summed E-state index contributed by atoms with van der Waals surface area (Å²) in [6, 6.07) is 13.6. The minimum atomic E-state index is -0.654. The topological polar surface area (TPSA) is 115 Å². The third-order valence-corrected chi connectivity index (χ3v) is 5.25. The van der Waals surface area contributed by atoms with Gasteiger partial charge in [0.15, 0.2) is 0 Å². The van der Waals surface area contributed by atoms with Crippen molar-refractivity contribution in [3.63, 3.8) is 0 Å². The number of nitrogens with one attached hydrogen (secondary N) is 2. The Balaban J connectivity index is 1.66. The normalized spacial score (nSPS) is 10.7. The van der Waals surface area contributed by atoms with Crippen LogP contribution in [0.15, 0.2) is 67.0 Å². The van der Waals surface area contributed by atoms with Gasteiger partial charge < -0.3 is 16.4 Å². The van der Waals surface area contributed by atoms with Crippen molar-refractivity contribution in [2.45, 2.75) is 13.5 Å². The summed E-state index contributed by atoms with van der Waals surface area (Å²) >= 11 is 5.86. The molecule has 0 aliphatic heterocycles. The summed E-state index contributed by atoms with van der Waals surface area (Å²) in [5.74, 6) is -1.25. The number of hydrogen-bond acceptors (Lipinski definition) is 4. The summed E-state index contributed by atoms with van der Waals surface area (Å²) in [6.45, 7) is 2.53. The highest BCUT2D eigenvalue weighted by Gasteiger charge is 2.17. The average Bonchev–Trinajstić information content (AvgIpc) is 3.27. The largest absolute Gasteiger partial charge is 0.364 e. The standard InChI is InChI=1S/C24H20ClFN6O2/c1-2-32-13-18(22(31-32)15-9-10-28-21(12-15)23(27)33)14-3-8-19(26)20(11-14)30-24(34)29-17-6-4-16(25)5-7-17/h3-13H,2H2,1H3,(H2,27,33)(H2,29,30,34). The first-order chi connectivity index (χ1) is 16.3. The van der Waals surface area contributed by atoms with E-state index in [1.165, 1.54) is 18.3 Å². The molecular formula is C24H20ClFN6O2. The summed E-state index contributed by atoms with van der Waals surface area (Å²) < 4.78 is 16.3. The van der Waals surface area contributed by atoms with E-state index in [-0.39, 0.29) is 11.4 Å². The predicted octanol–water partition coefficient (Wildman–Crippen LogP) is 5.17. The minimum Gasteiger partial charge on any atom is -0.364 e. The number of nitrogens with zero attached hydrogens (tertiary/aromatic N) is 3. The molecule has 2 aromatic heterocycles. The maximum Gasteiger partial charge on any atom is 0.323 e. The molecule has 34 heavy (non-hydrogen) atoms. The van der Waals surface area contributed by atoms with Crippen molar-refractivity contribution in [2.24, 2.45) is 5.73 Å². The van der Waals surface area contributed by atoms with Crippen molar-refractivity contribution >= 4 is 34.9 Å². The smallest absolute Gasteiger partial charge is 0.323 e. The SMILES string of the molecule is CCn1cc(-c2ccc(F)c(NC(=O)Nc3ccc(Cl)cc3)c2)c(-c2ccnc(C(N)=O)c2)n1. The molecule has 0 atom stereocenters. The van der Waals surface area contributed by atoms with Crippen molar-refractivity contribution in [1.82, 2.24) is 14.8 Å². The molecule has 0 fully saturated rings. The van der Waals surface area contributed by atoms with E-state index in [9.17, 15) is 14.0 Å². The maximum atomic E-state index is 14.5. The van der Waals surface area contributed by atoms with Crippen molar-refractivity contribution in [3.8, 4) is 22.4 Å².